The monoisotopic (exact) mass is 504 g/mol. The fourth-order valence-electron chi connectivity index (χ4n) is 6.31. The highest BCUT2D eigenvalue weighted by atomic mass is 15.3. The fourth-order valence-corrected chi connectivity index (χ4v) is 6.31. The zero-order valence-corrected chi connectivity index (χ0v) is 22.6. The Hall–Kier alpha value is -2.66. The molecule has 4 atom stereocenters. The van der Waals surface area contributed by atoms with Crippen LogP contribution < -0.4 is 10.2 Å². The number of hydrogen-bond donors (Lipinski definition) is 1. The highest BCUT2D eigenvalue weighted by Gasteiger charge is 2.40. The molecule has 8 heteroatoms. The van der Waals surface area contributed by atoms with Gasteiger partial charge in [0.1, 0.15) is 5.82 Å². The Labute approximate surface area is 222 Å². The second-order valence-electron chi connectivity index (χ2n) is 11.6. The van der Waals surface area contributed by atoms with E-state index < -0.39 is 0 Å². The molecule has 2 bridgehead atoms. The zero-order chi connectivity index (χ0) is 25.5. The molecule has 1 saturated carbocycles. The molecule has 5 rings (SSSR count). The number of nitrogens with zero attached hydrogens (tertiary/aromatic N) is 7. The third kappa shape index (κ3) is 7.44. The standard InChI is InChI=1S/C29H44N8/c1-35-21-26(18-32-35)33-29-31-14-13-28(34-29)37-19-23-10-8-6-4-2-3-5-7-9-15-36(27(22-37)12-11-23)20-25-16-24(25)17-30/h13-14,18,21,23-25,27H,2-12,15-16,19-20,22H2,1H3,(H,31,33,34)/t23-,24+,25+,27+/m0/s1. The van der Waals surface area contributed by atoms with Crippen LogP contribution in [0.1, 0.15) is 77.0 Å². The van der Waals surface area contributed by atoms with Gasteiger partial charge in [-0.2, -0.15) is 15.3 Å². The van der Waals surface area contributed by atoms with Crippen LogP contribution >= 0.6 is 0 Å². The molecule has 0 spiro atoms. The van der Waals surface area contributed by atoms with E-state index >= 15 is 0 Å². The third-order valence-electron chi connectivity index (χ3n) is 8.63. The largest absolute Gasteiger partial charge is 0.355 e. The molecule has 1 N–H and O–H groups in total. The second-order valence-corrected chi connectivity index (χ2v) is 11.6. The van der Waals surface area contributed by atoms with Gasteiger partial charge < -0.3 is 10.2 Å². The predicted molar refractivity (Wildman–Crippen MR) is 148 cm³/mol. The van der Waals surface area contributed by atoms with E-state index in [-0.39, 0.29) is 5.92 Å². The summed E-state index contributed by atoms with van der Waals surface area (Å²) in [6.07, 6.45) is 21.4. The summed E-state index contributed by atoms with van der Waals surface area (Å²) >= 11 is 0. The summed E-state index contributed by atoms with van der Waals surface area (Å²) in [5, 5.41) is 17.0. The number of nitrogens with one attached hydrogen (secondary N) is 1. The Morgan fingerprint density at radius 2 is 1.84 bits per heavy atom. The van der Waals surface area contributed by atoms with Gasteiger partial charge in [-0.1, -0.05) is 44.9 Å². The Kier molecular flexibility index (Phi) is 8.93. The third-order valence-corrected chi connectivity index (χ3v) is 8.63. The van der Waals surface area contributed by atoms with Crippen molar-refractivity contribution in [3.63, 3.8) is 0 Å². The van der Waals surface area contributed by atoms with Crippen LogP contribution in [-0.2, 0) is 7.05 Å². The molecule has 2 aromatic rings. The molecule has 2 saturated heterocycles. The van der Waals surface area contributed by atoms with Crippen molar-refractivity contribution in [1.29, 1.82) is 5.26 Å². The van der Waals surface area contributed by atoms with Gasteiger partial charge in [-0.3, -0.25) is 9.58 Å². The molecular formula is C29H44N8. The van der Waals surface area contributed by atoms with Gasteiger partial charge in [0.25, 0.3) is 0 Å². The Morgan fingerprint density at radius 3 is 2.59 bits per heavy atom. The van der Waals surface area contributed by atoms with Crippen molar-refractivity contribution in [1.82, 2.24) is 24.6 Å². The quantitative estimate of drug-likeness (QED) is 0.573. The minimum Gasteiger partial charge on any atom is -0.355 e. The Bertz CT molecular complexity index is 1030. The average Bonchev–Trinajstić information content (AvgIpc) is 3.59. The van der Waals surface area contributed by atoms with Crippen molar-refractivity contribution in [2.45, 2.75) is 83.1 Å². The summed E-state index contributed by atoms with van der Waals surface area (Å²) < 4.78 is 1.78. The molecule has 0 unspecified atom stereocenters. The van der Waals surface area contributed by atoms with Crippen LogP contribution in [-0.4, -0.2) is 56.9 Å². The van der Waals surface area contributed by atoms with E-state index in [9.17, 15) is 5.26 Å². The van der Waals surface area contributed by atoms with Crippen LogP contribution in [0.15, 0.2) is 24.7 Å². The molecular weight excluding hydrogens is 460 g/mol. The number of aryl methyl sites for hydroxylation is 1. The lowest BCUT2D eigenvalue weighted by atomic mass is 9.95. The fraction of sp³-hybridized carbons (Fsp3) is 0.724. The van der Waals surface area contributed by atoms with Crippen LogP contribution in [0.2, 0.25) is 0 Å². The number of anilines is 3. The lowest BCUT2D eigenvalue weighted by Crippen LogP contribution is -2.45. The van der Waals surface area contributed by atoms with Crippen LogP contribution in [0, 0.1) is 29.1 Å². The summed E-state index contributed by atoms with van der Waals surface area (Å²) in [5.74, 6) is 3.18. The van der Waals surface area contributed by atoms with Crippen LogP contribution in [0.3, 0.4) is 0 Å². The van der Waals surface area contributed by atoms with E-state index in [4.69, 9.17) is 4.98 Å². The molecule has 4 heterocycles. The maximum absolute atomic E-state index is 9.44. The van der Waals surface area contributed by atoms with Crippen LogP contribution in [0.5, 0.6) is 0 Å². The van der Waals surface area contributed by atoms with E-state index in [1.54, 1.807) is 10.9 Å². The molecule has 37 heavy (non-hydrogen) atoms. The lowest BCUT2D eigenvalue weighted by molar-refractivity contribution is 0.176. The van der Waals surface area contributed by atoms with Crippen LogP contribution in [0.25, 0.3) is 0 Å². The zero-order valence-electron chi connectivity index (χ0n) is 22.6. The minimum atomic E-state index is 0.272. The molecule has 8 nitrogen and oxygen atoms in total. The van der Waals surface area contributed by atoms with E-state index in [2.05, 4.69) is 37.3 Å². The molecule has 1 aliphatic carbocycles. The smallest absolute Gasteiger partial charge is 0.229 e. The minimum absolute atomic E-state index is 0.272. The molecule has 2 aliphatic heterocycles. The first kappa shape index (κ1) is 26.0. The van der Waals surface area contributed by atoms with Gasteiger partial charge in [-0.15, -0.1) is 0 Å². The van der Waals surface area contributed by atoms with Crippen molar-refractivity contribution in [2.24, 2.45) is 24.8 Å². The van der Waals surface area contributed by atoms with Crippen molar-refractivity contribution >= 4 is 17.5 Å². The maximum Gasteiger partial charge on any atom is 0.229 e. The maximum atomic E-state index is 9.44. The van der Waals surface area contributed by atoms with E-state index in [1.807, 2.05) is 19.4 Å². The average molecular weight is 505 g/mol. The number of nitriles is 1. The number of aromatic nitrogens is 4. The van der Waals surface area contributed by atoms with Gasteiger partial charge in [-0.25, -0.2) is 4.98 Å². The first-order valence-electron chi connectivity index (χ1n) is 14.7. The predicted octanol–water partition coefficient (Wildman–Crippen LogP) is 5.52. The van der Waals surface area contributed by atoms with E-state index in [0.29, 0.717) is 23.8 Å². The summed E-state index contributed by atoms with van der Waals surface area (Å²) in [7, 11) is 1.91. The summed E-state index contributed by atoms with van der Waals surface area (Å²) in [6, 6.07) is 5.11. The summed E-state index contributed by atoms with van der Waals surface area (Å²) in [5.41, 5.74) is 0.898. The molecule has 3 aliphatic rings. The lowest BCUT2D eigenvalue weighted by Gasteiger charge is -2.34. The normalized spacial score (nSPS) is 28.1. The van der Waals surface area contributed by atoms with Gasteiger partial charge in [-0.05, 0) is 56.6 Å². The molecule has 200 valence electrons. The number of fused-ring (bicyclic) bond motifs is 3. The van der Waals surface area contributed by atoms with Crippen LogP contribution in [0.4, 0.5) is 17.5 Å². The van der Waals surface area contributed by atoms with Gasteiger partial charge in [0.2, 0.25) is 5.95 Å². The second kappa shape index (κ2) is 12.7. The highest BCUT2D eigenvalue weighted by molar-refractivity contribution is 5.53. The molecule has 0 radical (unpaired) electrons. The SMILES string of the molecule is Cn1cc(Nc2nccc(N3C[C@H]4CCCCCCCCCCN(C[C@H]5C[C@@H]5C#N)[C@H](CC4)C3)n2)cn1. The van der Waals surface area contributed by atoms with Gasteiger partial charge in [0, 0.05) is 45.1 Å². The Morgan fingerprint density at radius 1 is 1.03 bits per heavy atom. The molecule has 2 aromatic heterocycles. The molecule has 0 aromatic carbocycles. The summed E-state index contributed by atoms with van der Waals surface area (Å²) in [6.45, 7) is 4.32. The van der Waals surface area contributed by atoms with E-state index in [1.165, 1.54) is 70.6 Å². The van der Waals surface area contributed by atoms with Crippen molar-refractivity contribution in [3.05, 3.63) is 24.7 Å². The van der Waals surface area contributed by atoms with Crippen molar-refractivity contribution in [3.8, 4) is 6.07 Å². The van der Waals surface area contributed by atoms with Crippen molar-refractivity contribution < 1.29 is 0 Å². The summed E-state index contributed by atoms with van der Waals surface area (Å²) in [4.78, 5) is 14.7. The number of hydrogen-bond acceptors (Lipinski definition) is 7. The number of rotatable bonds is 5. The topological polar surface area (TPSA) is 85.9 Å². The first-order chi connectivity index (χ1) is 18.2. The van der Waals surface area contributed by atoms with Crippen molar-refractivity contribution in [2.75, 3.05) is 36.4 Å². The molecule has 0 amide bonds. The van der Waals surface area contributed by atoms with Gasteiger partial charge in [0.05, 0.1) is 23.9 Å². The van der Waals surface area contributed by atoms with Gasteiger partial charge >= 0.3 is 0 Å². The highest BCUT2D eigenvalue weighted by Crippen LogP contribution is 2.39. The molecule has 3 fully saturated rings. The Balaban J connectivity index is 1.35. The first-order valence-corrected chi connectivity index (χ1v) is 14.7. The van der Waals surface area contributed by atoms with E-state index in [0.717, 1.165) is 44.1 Å². The van der Waals surface area contributed by atoms with Gasteiger partial charge in [0.15, 0.2) is 0 Å².